The maximum atomic E-state index is 5.70. The van der Waals surface area contributed by atoms with Crippen LogP contribution in [0.5, 0.6) is 5.75 Å². The molecule has 0 bridgehead atoms. The largest absolute Gasteiger partial charge is 0.492 e. The molecule has 1 aromatic rings. The molecule has 13 heavy (non-hydrogen) atoms. The second-order valence-corrected chi connectivity index (χ2v) is 5.41. The predicted octanol–water partition coefficient (Wildman–Crippen LogP) is 3.84. The summed E-state index contributed by atoms with van der Waals surface area (Å²) in [5.74, 6) is 1.82. The minimum Gasteiger partial charge on any atom is -0.492 e. The van der Waals surface area contributed by atoms with Crippen molar-refractivity contribution in [1.82, 2.24) is 0 Å². The summed E-state index contributed by atoms with van der Waals surface area (Å²) < 4.78 is 7.97. The molecule has 0 saturated heterocycles. The van der Waals surface area contributed by atoms with E-state index in [1.807, 2.05) is 12.1 Å². The van der Waals surface area contributed by atoms with Gasteiger partial charge >= 0.3 is 0 Å². The SMILES string of the molecule is Brc1ccc(I)c(OCC2CC2)c1. The Morgan fingerprint density at radius 3 is 2.92 bits per heavy atom. The van der Waals surface area contributed by atoms with Crippen molar-refractivity contribution in [3.63, 3.8) is 0 Å². The molecule has 0 amide bonds. The monoisotopic (exact) mass is 352 g/mol. The van der Waals surface area contributed by atoms with E-state index in [1.54, 1.807) is 0 Å². The lowest BCUT2D eigenvalue weighted by Gasteiger charge is -2.07. The Kier molecular flexibility index (Phi) is 3.14. The molecule has 1 saturated carbocycles. The Hall–Kier alpha value is 0.230. The summed E-state index contributed by atoms with van der Waals surface area (Å²) >= 11 is 5.73. The Morgan fingerprint density at radius 1 is 1.46 bits per heavy atom. The van der Waals surface area contributed by atoms with Crippen molar-refractivity contribution in [1.29, 1.82) is 0 Å². The Morgan fingerprint density at radius 2 is 2.23 bits per heavy atom. The van der Waals surface area contributed by atoms with Gasteiger partial charge in [-0.25, -0.2) is 0 Å². The molecule has 0 N–H and O–H groups in total. The van der Waals surface area contributed by atoms with Gasteiger partial charge in [0.25, 0.3) is 0 Å². The highest BCUT2D eigenvalue weighted by Crippen LogP contribution is 2.31. The zero-order valence-corrected chi connectivity index (χ0v) is 10.8. The van der Waals surface area contributed by atoms with Gasteiger partial charge in [-0.1, -0.05) is 15.9 Å². The third-order valence-corrected chi connectivity index (χ3v) is 3.45. The summed E-state index contributed by atoms with van der Waals surface area (Å²) in [6.45, 7) is 0.881. The van der Waals surface area contributed by atoms with E-state index in [2.05, 4.69) is 44.6 Å². The number of hydrogen-bond acceptors (Lipinski definition) is 1. The smallest absolute Gasteiger partial charge is 0.133 e. The molecule has 1 aliphatic rings. The van der Waals surface area contributed by atoms with Crippen LogP contribution >= 0.6 is 38.5 Å². The molecule has 0 atom stereocenters. The molecule has 0 heterocycles. The lowest BCUT2D eigenvalue weighted by molar-refractivity contribution is 0.297. The van der Waals surface area contributed by atoms with E-state index in [9.17, 15) is 0 Å². The van der Waals surface area contributed by atoms with Crippen molar-refractivity contribution < 1.29 is 4.74 Å². The first kappa shape index (κ1) is 9.77. The first-order chi connectivity index (χ1) is 6.25. The summed E-state index contributed by atoms with van der Waals surface area (Å²) in [7, 11) is 0. The molecule has 1 nitrogen and oxygen atoms in total. The van der Waals surface area contributed by atoms with Gasteiger partial charge in [-0.15, -0.1) is 0 Å². The van der Waals surface area contributed by atoms with Crippen LogP contribution in [0.3, 0.4) is 0 Å². The lowest BCUT2D eigenvalue weighted by Crippen LogP contribution is -2.00. The van der Waals surface area contributed by atoms with Crippen molar-refractivity contribution in [3.05, 3.63) is 26.2 Å². The zero-order chi connectivity index (χ0) is 9.26. The third-order valence-electron chi connectivity index (χ3n) is 2.06. The minimum absolute atomic E-state index is 0.815. The highest BCUT2D eigenvalue weighted by atomic mass is 127. The standard InChI is InChI=1S/C10H10BrIO/c11-8-3-4-9(12)10(5-8)13-6-7-1-2-7/h3-5,7H,1-2,6H2. The molecule has 0 aliphatic heterocycles. The zero-order valence-electron chi connectivity index (χ0n) is 7.09. The fraction of sp³-hybridized carbons (Fsp3) is 0.400. The van der Waals surface area contributed by atoms with E-state index in [0.717, 1.165) is 22.7 Å². The second-order valence-electron chi connectivity index (χ2n) is 3.33. The topological polar surface area (TPSA) is 9.23 Å². The lowest BCUT2D eigenvalue weighted by atomic mass is 10.3. The molecule has 3 heteroatoms. The average Bonchev–Trinajstić information content (AvgIpc) is 2.90. The maximum absolute atomic E-state index is 5.70. The Balaban J connectivity index is 2.03. The number of benzene rings is 1. The van der Waals surface area contributed by atoms with E-state index in [1.165, 1.54) is 16.4 Å². The van der Waals surface area contributed by atoms with Crippen LogP contribution in [0.1, 0.15) is 12.8 Å². The summed E-state index contributed by atoms with van der Waals surface area (Å²) in [6.07, 6.45) is 2.68. The van der Waals surface area contributed by atoms with Crippen molar-refractivity contribution in [2.75, 3.05) is 6.61 Å². The van der Waals surface area contributed by atoms with Crippen LogP contribution < -0.4 is 4.74 Å². The molecule has 0 spiro atoms. The van der Waals surface area contributed by atoms with Gasteiger partial charge in [-0.2, -0.15) is 0 Å². The maximum Gasteiger partial charge on any atom is 0.133 e. The molecular weight excluding hydrogens is 343 g/mol. The van der Waals surface area contributed by atoms with E-state index >= 15 is 0 Å². The first-order valence-corrected chi connectivity index (χ1v) is 6.21. The van der Waals surface area contributed by atoms with Gasteiger partial charge in [0.1, 0.15) is 5.75 Å². The molecule has 0 unspecified atom stereocenters. The quantitative estimate of drug-likeness (QED) is 0.751. The molecule has 0 aromatic heterocycles. The van der Waals surface area contributed by atoms with Gasteiger partial charge in [-0.05, 0) is 59.5 Å². The normalized spacial score (nSPS) is 15.8. The highest BCUT2D eigenvalue weighted by Gasteiger charge is 2.22. The molecule has 1 fully saturated rings. The van der Waals surface area contributed by atoms with E-state index in [0.29, 0.717) is 0 Å². The molecule has 0 radical (unpaired) electrons. The van der Waals surface area contributed by atoms with Crippen LogP contribution in [0.25, 0.3) is 0 Å². The minimum atomic E-state index is 0.815. The highest BCUT2D eigenvalue weighted by molar-refractivity contribution is 14.1. The van der Waals surface area contributed by atoms with Gasteiger partial charge in [0.05, 0.1) is 10.2 Å². The number of ether oxygens (including phenoxy) is 1. The van der Waals surface area contributed by atoms with Gasteiger partial charge in [0, 0.05) is 4.47 Å². The average molecular weight is 353 g/mol. The van der Waals surface area contributed by atoms with Crippen molar-refractivity contribution in [2.24, 2.45) is 5.92 Å². The fourth-order valence-electron chi connectivity index (χ4n) is 1.08. The van der Waals surface area contributed by atoms with Crippen LogP contribution in [0.2, 0.25) is 0 Å². The van der Waals surface area contributed by atoms with E-state index < -0.39 is 0 Å². The van der Waals surface area contributed by atoms with Gasteiger partial charge in [-0.3, -0.25) is 0 Å². The fourth-order valence-corrected chi connectivity index (χ4v) is 1.91. The molecule has 2 rings (SSSR count). The molecule has 70 valence electrons. The van der Waals surface area contributed by atoms with Crippen molar-refractivity contribution >= 4 is 38.5 Å². The molecule has 1 aliphatic carbocycles. The van der Waals surface area contributed by atoms with E-state index in [-0.39, 0.29) is 0 Å². The number of halogens is 2. The van der Waals surface area contributed by atoms with Gasteiger partial charge in [0.15, 0.2) is 0 Å². The van der Waals surface area contributed by atoms with Crippen LogP contribution in [-0.2, 0) is 0 Å². The van der Waals surface area contributed by atoms with Crippen LogP contribution in [0.15, 0.2) is 22.7 Å². The summed E-state index contributed by atoms with van der Waals surface area (Å²) in [5, 5.41) is 0. The van der Waals surface area contributed by atoms with Crippen LogP contribution in [0.4, 0.5) is 0 Å². The molecule has 1 aromatic carbocycles. The Labute approximate surface area is 100 Å². The first-order valence-electron chi connectivity index (χ1n) is 4.33. The summed E-state index contributed by atoms with van der Waals surface area (Å²) in [4.78, 5) is 0. The second kappa shape index (κ2) is 4.17. The van der Waals surface area contributed by atoms with Gasteiger partial charge in [0.2, 0.25) is 0 Å². The van der Waals surface area contributed by atoms with Crippen molar-refractivity contribution in [2.45, 2.75) is 12.8 Å². The van der Waals surface area contributed by atoms with Gasteiger partial charge < -0.3 is 4.74 Å². The third kappa shape index (κ3) is 2.84. The number of hydrogen-bond donors (Lipinski definition) is 0. The number of rotatable bonds is 3. The van der Waals surface area contributed by atoms with Crippen molar-refractivity contribution in [3.8, 4) is 5.75 Å². The molecular formula is C10H10BrIO. The Bertz CT molecular complexity index is 310. The predicted molar refractivity (Wildman–Crippen MR) is 65.1 cm³/mol. The van der Waals surface area contributed by atoms with E-state index in [4.69, 9.17) is 4.74 Å². The summed E-state index contributed by atoms with van der Waals surface area (Å²) in [6, 6.07) is 6.13. The van der Waals surface area contributed by atoms with Crippen LogP contribution in [-0.4, -0.2) is 6.61 Å². The van der Waals surface area contributed by atoms with Crippen LogP contribution in [0, 0.1) is 9.49 Å². The summed E-state index contributed by atoms with van der Waals surface area (Å²) in [5.41, 5.74) is 0.